The van der Waals surface area contributed by atoms with E-state index in [1.54, 1.807) is 6.08 Å². The van der Waals surface area contributed by atoms with Gasteiger partial charge in [-0.15, -0.1) is 0 Å². The van der Waals surface area contributed by atoms with Crippen molar-refractivity contribution in [2.45, 2.75) is 501 Å². The summed E-state index contributed by atoms with van der Waals surface area (Å²) >= 11 is 0. The van der Waals surface area contributed by atoms with Crippen molar-refractivity contribution in [3.63, 3.8) is 0 Å². The zero-order valence-corrected chi connectivity index (χ0v) is 61.7. The molecule has 0 bridgehead atoms. The Kier molecular flexibility index (Phi) is 78.8. The number of unbranched alkanes of at least 4 members (excludes halogenated alkanes) is 69. The largest absolute Gasteiger partial charge is 0.466 e. The van der Waals surface area contributed by atoms with Crippen LogP contribution in [0.3, 0.4) is 0 Å². The van der Waals surface area contributed by atoms with E-state index in [4.69, 9.17) is 4.74 Å². The van der Waals surface area contributed by atoms with Gasteiger partial charge in [0.1, 0.15) is 0 Å². The maximum atomic E-state index is 12.6. The molecule has 0 aliphatic carbocycles. The number of carbonyl (C=O) groups is 2. The number of hydrogen-bond acceptors (Lipinski definition) is 5. The van der Waals surface area contributed by atoms with Gasteiger partial charge < -0.3 is 20.3 Å². The van der Waals surface area contributed by atoms with Crippen molar-refractivity contribution in [3.8, 4) is 0 Å². The van der Waals surface area contributed by atoms with Gasteiger partial charge in [0.25, 0.3) is 0 Å². The average Bonchev–Trinajstić information content (AvgIpc) is 3.69. The van der Waals surface area contributed by atoms with E-state index in [1.807, 2.05) is 6.08 Å². The molecule has 0 spiro atoms. The van der Waals surface area contributed by atoms with E-state index in [0.29, 0.717) is 19.4 Å². The lowest BCUT2D eigenvalue weighted by Crippen LogP contribution is -2.45. The SMILES string of the molecule is CCCCCCCCCCCCCCCCCCCCCCC/C=C/C(O)C(CO)NC(=O)CCCCCCCCCCCCCCCCCCCCCCCCCCCCCCCCCCOC(=O)CCCCCCCCCCCCCCCCCCCC. The van der Waals surface area contributed by atoms with Crippen LogP contribution in [0.4, 0.5) is 0 Å². The van der Waals surface area contributed by atoms with E-state index in [2.05, 4.69) is 19.2 Å². The Bertz CT molecular complexity index is 1370. The van der Waals surface area contributed by atoms with Crippen molar-refractivity contribution in [1.82, 2.24) is 5.32 Å². The molecule has 6 nitrogen and oxygen atoms in total. The number of aliphatic hydroxyl groups is 2. The predicted octanol–water partition coefficient (Wildman–Crippen LogP) is 27.8. The Morgan fingerprint density at radius 2 is 0.511 bits per heavy atom. The molecule has 6 heteroatoms. The van der Waals surface area contributed by atoms with Crippen LogP contribution in [0.25, 0.3) is 0 Å². The molecule has 0 aromatic rings. The minimum atomic E-state index is -0.842. The fraction of sp³-hybridized carbons (Fsp3) is 0.952. The highest BCUT2D eigenvalue weighted by Gasteiger charge is 2.18. The van der Waals surface area contributed by atoms with Crippen LogP contribution in [0.1, 0.15) is 489 Å². The maximum Gasteiger partial charge on any atom is 0.305 e. The summed E-state index contributed by atoms with van der Waals surface area (Å²) in [6, 6.07) is -0.625. The smallest absolute Gasteiger partial charge is 0.305 e. The van der Waals surface area contributed by atoms with Crippen molar-refractivity contribution in [2.75, 3.05) is 13.2 Å². The number of nitrogens with one attached hydrogen (secondary N) is 1. The van der Waals surface area contributed by atoms with E-state index >= 15 is 0 Å². The molecule has 0 heterocycles. The van der Waals surface area contributed by atoms with Gasteiger partial charge in [0, 0.05) is 12.8 Å². The van der Waals surface area contributed by atoms with Crippen LogP contribution in [-0.2, 0) is 14.3 Å². The second kappa shape index (κ2) is 80.0. The summed E-state index contributed by atoms with van der Waals surface area (Å²) < 4.78 is 5.52. The zero-order valence-electron chi connectivity index (χ0n) is 61.7. The molecule has 90 heavy (non-hydrogen) atoms. The van der Waals surface area contributed by atoms with Crippen LogP contribution in [0.15, 0.2) is 12.2 Å². The van der Waals surface area contributed by atoms with Crippen LogP contribution in [0, 0.1) is 0 Å². The Morgan fingerprint density at radius 3 is 0.756 bits per heavy atom. The summed E-state index contributed by atoms with van der Waals surface area (Å²) in [4.78, 5) is 24.7. The van der Waals surface area contributed by atoms with E-state index in [1.165, 1.54) is 424 Å². The van der Waals surface area contributed by atoms with Gasteiger partial charge in [0.05, 0.1) is 25.4 Å². The minimum absolute atomic E-state index is 0.0268. The third-order valence-electron chi connectivity index (χ3n) is 20.1. The molecule has 1 amide bonds. The van der Waals surface area contributed by atoms with Crippen LogP contribution in [0.5, 0.6) is 0 Å². The topological polar surface area (TPSA) is 95.9 Å². The van der Waals surface area contributed by atoms with E-state index in [-0.39, 0.29) is 18.5 Å². The summed E-state index contributed by atoms with van der Waals surface area (Å²) in [5, 5.41) is 23.3. The maximum absolute atomic E-state index is 12.6. The Hall–Kier alpha value is -1.40. The van der Waals surface area contributed by atoms with Gasteiger partial charge in [-0.05, 0) is 32.1 Å². The number of allylic oxidation sites excluding steroid dienone is 1. The van der Waals surface area contributed by atoms with Crippen molar-refractivity contribution in [3.05, 3.63) is 12.2 Å². The molecule has 0 saturated carbocycles. The number of carbonyl (C=O) groups excluding carboxylic acids is 2. The molecule has 2 atom stereocenters. The fourth-order valence-corrected chi connectivity index (χ4v) is 13.7. The first-order chi connectivity index (χ1) is 44.5. The summed E-state index contributed by atoms with van der Waals surface area (Å²) in [5.74, 6) is -0.0307. The van der Waals surface area contributed by atoms with Crippen LogP contribution in [-0.4, -0.2) is 47.4 Å². The standard InChI is InChI=1S/C84H165NO5/c1-3-5-7-9-11-13-15-17-19-21-23-24-35-38-41-44-48-52-56-60-64-68-72-76-82(87)81(80-86)85-83(88)77-73-69-65-61-57-53-49-45-42-39-36-33-31-29-27-25-26-28-30-32-34-37-40-43-47-51-55-59-63-67-71-75-79-90-84(89)78-74-70-66-62-58-54-50-46-22-20-18-16-14-12-10-8-6-4-2/h72,76,81-82,86-87H,3-71,73-75,77-80H2,1-2H3,(H,85,88)/b76-72+. The first kappa shape index (κ1) is 88.6. The molecule has 3 N–H and O–H groups in total. The Labute approximate surface area is 565 Å². The lowest BCUT2D eigenvalue weighted by molar-refractivity contribution is -0.143. The highest BCUT2D eigenvalue weighted by molar-refractivity contribution is 5.76. The van der Waals surface area contributed by atoms with Gasteiger partial charge >= 0.3 is 5.97 Å². The van der Waals surface area contributed by atoms with Gasteiger partial charge in [-0.2, -0.15) is 0 Å². The molecule has 0 radical (unpaired) electrons. The molecule has 2 unspecified atom stereocenters. The van der Waals surface area contributed by atoms with Crippen LogP contribution < -0.4 is 5.32 Å². The summed E-state index contributed by atoms with van der Waals surface area (Å²) in [6.07, 6.45) is 102. The van der Waals surface area contributed by atoms with Crippen molar-refractivity contribution in [1.29, 1.82) is 0 Å². The zero-order chi connectivity index (χ0) is 64.9. The van der Waals surface area contributed by atoms with Gasteiger partial charge in [0.15, 0.2) is 0 Å². The third kappa shape index (κ3) is 75.6. The molecule has 0 aliphatic rings. The molecular formula is C84H165NO5. The lowest BCUT2D eigenvalue weighted by Gasteiger charge is -2.20. The first-order valence-electron chi connectivity index (χ1n) is 42.0. The molecule has 0 aliphatic heterocycles. The number of aliphatic hydroxyl groups excluding tert-OH is 2. The summed E-state index contributed by atoms with van der Waals surface area (Å²) in [5.41, 5.74) is 0. The molecular weight excluding hydrogens is 1100 g/mol. The molecule has 536 valence electrons. The number of amides is 1. The van der Waals surface area contributed by atoms with E-state index in [0.717, 1.165) is 38.5 Å². The second-order valence-corrected chi connectivity index (χ2v) is 29.2. The van der Waals surface area contributed by atoms with Gasteiger partial charge in [-0.3, -0.25) is 9.59 Å². The molecule has 0 aromatic carbocycles. The molecule has 0 rings (SSSR count). The number of hydrogen-bond donors (Lipinski definition) is 3. The third-order valence-corrected chi connectivity index (χ3v) is 20.1. The highest BCUT2D eigenvalue weighted by atomic mass is 16.5. The quantitative estimate of drug-likeness (QED) is 0.0320. The lowest BCUT2D eigenvalue weighted by atomic mass is 10.0. The Balaban J connectivity index is 3.33. The Morgan fingerprint density at radius 1 is 0.300 bits per heavy atom. The molecule has 0 fully saturated rings. The minimum Gasteiger partial charge on any atom is -0.466 e. The highest BCUT2D eigenvalue weighted by Crippen LogP contribution is 2.21. The second-order valence-electron chi connectivity index (χ2n) is 29.2. The van der Waals surface area contributed by atoms with Gasteiger partial charge in [-0.25, -0.2) is 0 Å². The van der Waals surface area contributed by atoms with Gasteiger partial charge in [-0.1, -0.05) is 456 Å². The first-order valence-corrected chi connectivity index (χ1v) is 42.0. The summed E-state index contributed by atoms with van der Waals surface area (Å²) in [7, 11) is 0. The molecule has 0 saturated heterocycles. The van der Waals surface area contributed by atoms with Crippen LogP contribution >= 0.6 is 0 Å². The number of ether oxygens (including phenoxy) is 1. The van der Waals surface area contributed by atoms with E-state index in [9.17, 15) is 19.8 Å². The van der Waals surface area contributed by atoms with Gasteiger partial charge in [0.2, 0.25) is 5.91 Å². The van der Waals surface area contributed by atoms with E-state index < -0.39 is 12.1 Å². The van der Waals surface area contributed by atoms with Crippen molar-refractivity contribution >= 4 is 11.9 Å². The number of esters is 1. The number of rotatable bonds is 80. The normalized spacial score (nSPS) is 12.4. The van der Waals surface area contributed by atoms with Crippen molar-refractivity contribution < 1.29 is 24.5 Å². The average molecular weight is 1270 g/mol. The summed E-state index contributed by atoms with van der Waals surface area (Å²) in [6.45, 7) is 4.98. The monoisotopic (exact) mass is 1270 g/mol. The fourth-order valence-electron chi connectivity index (χ4n) is 13.7. The predicted molar refractivity (Wildman–Crippen MR) is 398 cm³/mol. The van der Waals surface area contributed by atoms with Crippen molar-refractivity contribution in [2.24, 2.45) is 0 Å². The van der Waals surface area contributed by atoms with Crippen LogP contribution in [0.2, 0.25) is 0 Å². The molecule has 0 aromatic heterocycles.